The first-order chi connectivity index (χ1) is 14.4. The Morgan fingerprint density at radius 1 is 1.13 bits per heavy atom. The molecule has 1 heterocycles. The molecule has 1 aromatic rings. The lowest BCUT2D eigenvalue weighted by Crippen LogP contribution is -2.46. The standard InChI is InChI=1S/C22H39N5O2S/c1-4-23-22(25-20(2)12-19-30(3,28)29)24-13-8-9-14-26-15-17-27(18-16-26)21-10-6-5-7-11-21/h5-7,10-11,20H,4,8-9,12-19H2,1-3H3,(H2,23,24,25). The smallest absolute Gasteiger partial charge is 0.191 e. The number of benzene rings is 1. The van der Waals surface area contributed by atoms with E-state index in [-0.39, 0.29) is 11.8 Å². The molecule has 0 spiro atoms. The fourth-order valence-electron chi connectivity index (χ4n) is 3.52. The van der Waals surface area contributed by atoms with E-state index in [0.29, 0.717) is 6.42 Å². The van der Waals surface area contributed by atoms with Gasteiger partial charge in [-0.15, -0.1) is 0 Å². The summed E-state index contributed by atoms with van der Waals surface area (Å²) in [7, 11) is -2.93. The summed E-state index contributed by atoms with van der Waals surface area (Å²) in [5, 5.41) is 6.55. The Hall–Kier alpha value is -1.80. The predicted molar refractivity (Wildman–Crippen MR) is 127 cm³/mol. The molecule has 0 bridgehead atoms. The highest BCUT2D eigenvalue weighted by Crippen LogP contribution is 2.15. The summed E-state index contributed by atoms with van der Waals surface area (Å²) in [6, 6.07) is 10.7. The lowest BCUT2D eigenvalue weighted by Gasteiger charge is -2.36. The van der Waals surface area contributed by atoms with Crippen molar-refractivity contribution in [3.05, 3.63) is 30.3 Å². The van der Waals surface area contributed by atoms with Crippen LogP contribution in [0.25, 0.3) is 0 Å². The summed E-state index contributed by atoms with van der Waals surface area (Å²) in [6.45, 7) is 11.1. The maximum Gasteiger partial charge on any atom is 0.191 e. The molecule has 2 rings (SSSR count). The first-order valence-electron chi connectivity index (χ1n) is 11.1. The average molecular weight is 438 g/mol. The Bertz CT molecular complexity index is 731. The highest BCUT2D eigenvalue weighted by Gasteiger charge is 2.16. The van der Waals surface area contributed by atoms with Gasteiger partial charge in [0.1, 0.15) is 9.84 Å². The van der Waals surface area contributed by atoms with E-state index in [0.717, 1.165) is 64.6 Å². The van der Waals surface area contributed by atoms with Crippen LogP contribution in [0.3, 0.4) is 0 Å². The highest BCUT2D eigenvalue weighted by atomic mass is 32.2. The maximum absolute atomic E-state index is 11.3. The minimum atomic E-state index is -2.93. The number of hydrogen-bond acceptors (Lipinski definition) is 5. The first-order valence-corrected chi connectivity index (χ1v) is 13.2. The van der Waals surface area contributed by atoms with E-state index in [1.165, 1.54) is 11.9 Å². The van der Waals surface area contributed by atoms with Crippen molar-refractivity contribution in [1.82, 2.24) is 15.5 Å². The van der Waals surface area contributed by atoms with Gasteiger partial charge in [-0.3, -0.25) is 9.89 Å². The number of unbranched alkanes of at least 4 members (excludes halogenated alkanes) is 1. The first kappa shape index (κ1) is 24.5. The van der Waals surface area contributed by atoms with Gasteiger partial charge in [-0.25, -0.2) is 8.42 Å². The van der Waals surface area contributed by atoms with E-state index in [4.69, 9.17) is 0 Å². The summed E-state index contributed by atoms with van der Waals surface area (Å²) in [5.41, 5.74) is 1.32. The van der Waals surface area contributed by atoms with Crippen molar-refractivity contribution in [1.29, 1.82) is 0 Å². The van der Waals surface area contributed by atoms with Gasteiger partial charge in [-0.2, -0.15) is 0 Å². The summed E-state index contributed by atoms with van der Waals surface area (Å²) in [5.74, 6) is 0.966. The third kappa shape index (κ3) is 9.80. The molecule has 1 aliphatic heterocycles. The van der Waals surface area contributed by atoms with Gasteiger partial charge >= 0.3 is 0 Å². The van der Waals surface area contributed by atoms with Crippen molar-refractivity contribution in [3.8, 4) is 0 Å². The van der Waals surface area contributed by atoms with E-state index in [1.54, 1.807) is 0 Å². The third-order valence-corrected chi connectivity index (χ3v) is 6.27. The summed E-state index contributed by atoms with van der Waals surface area (Å²) in [6.07, 6.45) is 4.05. The van der Waals surface area contributed by atoms with Crippen molar-refractivity contribution in [3.63, 3.8) is 0 Å². The molecular weight excluding hydrogens is 398 g/mol. The number of hydrogen-bond donors (Lipinski definition) is 2. The van der Waals surface area contributed by atoms with Gasteiger partial charge in [0, 0.05) is 57.3 Å². The zero-order valence-electron chi connectivity index (χ0n) is 18.8. The highest BCUT2D eigenvalue weighted by molar-refractivity contribution is 7.90. The van der Waals surface area contributed by atoms with Gasteiger partial charge in [-0.1, -0.05) is 18.2 Å². The van der Waals surface area contributed by atoms with Crippen LogP contribution < -0.4 is 15.5 Å². The van der Waals surface area contributed by atoms with Crippen molar-refractivity contribution in [2.24, 2.45) is 4.99 Å². The maximum atomic E-state index is 11.3. The number of anilines is 1. The van der Waals surface area contributed by atoms with Crippen LogP contribution in [-0.4, -0.2) is 83.1 Å². The Balaban J connectivity index is 1.64. The molecule has 8 heteroatoms. The second kappa shape index (κ2) is 12.8. The topological polar surface area (TPSA) is 77.0 Å². The van der Waals surface area contributed by atoms with Crippen molar-refractivity contribution in [2.75, 3.05) is 62.7 Å². The molecule has 1 aromatic carbocycles. The van der Waals surface area contributed by atoms with Gasteiger partial charge in [-0.05, 0) is 51.8 Å². The molecule has 0 aromatic heterocycles. The SMILES string of the molecule is CCNC(=NCCCCN1CCN(c2ccccc2)CC1)NC(C)CCS(C)(=O)=O. The van der Waals surface area contributed by atoms with Crippen LogP contribution in [0.4, 0.5) is 5.69 Å². The Kier molecular flexibility index (Phi) is 10.4. The van der Waals surface area contributed by atoms with Crippen LogP contribution in [0, 0.1) is 0 Å². The summed E-state index contributed by atoms with van der Waals surface area (Å²) in [4.78, 5) is 9.65. The van der Waals surface area contributed by atoms with Crippen LogP contribution in [0.2, 0.25) is 0 Å². The van der Waals surface area contributed by atoms with Crippen LogP contribution >= 0.6 is 0 Å². The number of sulfone groups is 1. The van der Waals surface area contributed by atoms with E-state index in [2.05, 4.69) is 55.8 Å². The lowest BCUT2D eigenvalue weighted by atomic mass is 10.2. The zero-order chi connectivity index (χ0) is 21.8. The van der Waals surface area contributed by atoms with Gasteiger partial charge in [0.25, 0.3) is 0 Å². The molecule has 170 valence electrons. The zero-order valence-corrected chi connectivity index (χ0v) is 19.6. The van der Waals surface area contributed by atoms with E-state index in [1.807, 2.05) is 13.8 Å². The number of piperazine rings is 1. The molecule has 7 nitrogen and oxygen atoms in total. The largest absolute Gasteiger partial charge is 0.369 e. The van der Waals surface area contributed by atoms with Crippen molar-refractivity contribution in [2.45, 2.75) is 39.2 Å². The number of guanidine groups is 1. The molecule has 0 saturated carbocycles. The van der Waals surface area contributed by atoms with Gasteiger partial charge < -0.3 is 15.5 Å². The Morgan fingerprint density at radius 2 is 1.83 bits per heavy atom. The minimum Gasteiger partial charge on any atom is -0.369 e. The van der Waals surface area contributed by atoms with Crippen LogP contribution in [0.15, 0.2) is 35.3 Å². The number of nitrogens with one attached hydrogen (secondary N) is 2. The van der Waals surface area contributed by atoms with Crippen LogP contribution in [0.5, 0.6) is 0 Å². The molecule has 0 radical (unpaired) electrons. The van der Waals surface area contributed by atoms with Crippen LogP contribution in [-0.2, 0) is 9.84 Å². The molecular formula is C22H39N5O2S. The van der Waals surface area contributed by atoms with Gasteiger partial charge in [0.2, 0.25) is 0 Å². The number of rotatable bonds is 11. The monoisotopic (exact) mass is 437 g/mol. The second-order valence-electron chi connectivity index (χ2n) is 8.10. The average Bonchev–Trinajstić information content (AvgIpc) is 2.73. The molecule has 0 aliphatic carbocycles. The minimum absolute atomic E-state index is 0.0680. The quantitative estimate of drug-likeness (QED) is 0.313. The second-order valence-corrected chi connectivity index (χ2v) is 10.4. The van der Waals surface area contributed by atoms with Crippen LogP contribution in [0.1, 0.15) is 33.1 Å². The number of para-hydroxylation sites is 1. The van der Waals surface area contributed by atoms with Crippen molar-refractivity contribution < 1.29 is 8.42 Å². The van der Waals surface area contributed by atoms with Gasteiger partial charge in [0.05, 0.1) is 5.75 Å². The molecule has 1 fully saturated rings. The molecule has 1 aliphatic rings. The summed E-state index contributed by atoms with van der Waals surface area (Å²) < 4.78 is 22.7. The number of aliphatic imine (C=N–C) groups is 1. The molecule has 30 heavy (non-hydrogen) atoms. The molecule has 2 N–H and O–H groups in total. The van der Waals surface area contributed by atoms with E-state index < -0.39 is 9.84 Å². The fourth-order valence-corrected chi connectivity index (χ4v) is 4.30. The molecule has 1 atom stereocenters. The summed E-state index contributed by atoms with van der Waals surface area (Å²) >= 11 is 0. The third-order valence-electron chi connectivity index (χ3n) is 5.29. The normalized spacial score (nSPS) is 17.0. The lowest BCUT2D eigenvalue weighted by molar-refractivity contribution is 0.253. The molecule has 1 saturated heterocycles. The molecule has 1 unspecified atom stereocenters. The molecule has 0 amide bonds. The van der Waals surface area contributed by atoms with E-state index >= 15 is 0 Å². The fraction of sp³-hybridized carbons (Fsp3) is 0.682. The van der Waals surface area contributed by atoms with E-state index in [9.17, 15) is 8.42 Å². The Labute approximate surface area is 182 Å². The Morgan fingerprint density at radius 3 is 2.47 bits per heavy atom. The predicted octanol–water partition coefficient (Wildman–Crippen LogP) is 1.97. The van der Waals surface area contributed by atoms with Crippen molar-refractivity contribution >= 4 is 21.5 Å². The number of nitrogens with zero attached hydrogens (tertiary/aromatic N) is 3. The van der Waals surface area contributed by atoms with Gasteiger partial charge in [0.15, 0.2) is 5.96 Å².